The van der Waals surface area contributed by atoms with Crippen molar-refractivity contribution < 1.29 is 46.1 Å². The Morgan fingerprint density at radius 2 is 1.98 bits per heavy atom. The summed E-state index contributed by atoms with van der Waals surface area (Å²) in [5.74, 6) is -1.09. The Morgan fingerprint density at radius 1 is 1.18 bits per heavy atom. The molecule has 12 nitrogen and oxygen atoms in total. The van der Waals surface area contributed by atoms with Gasteiger partial charge < -0.3 is 29.1 Å². The van der Waals surface area contributed by atoms with Gasteiger partial charge >= 0.3 is 10.2 Å². The van der Waals surface area contributed by atoms with Crippen molar-refractivity contribution >= 4 is 39.3 Å². The number of alkyl halides is 2. The van der Waals surface area contributed by atoms with Crippen LogP contribution in [0.25, 0.3) is 0 Å². The summed E-state index contributed by atoms with van der Waals surface area (Å²) in [6, 6.07) is 10.8. The number of hydrogen-bond acceptors (Lipinski definition) is 9. The van der Waals surface area contributed by atoms with Crippen molar-refractivity contribution in [2.24, 2.45) is 11.8 Å². The first-order valence-electron chi connectivity index (χ1n) is 18.8. The molecule has 2 heterocycles. The highest BCUT2D eigenvalue weighted by Gasteiger charge is 2.47. The molecule has 55 heavy (non-hydrogen) atoms. The molecule has 0 radical (unpaired) electrons. The van der Waals surface area contributed by atoms with Crippen LogP contribution in [0.5, 0.6) is 5.75 Å². The Balaban J connectivity index is 1.42. The minimum Gasteiger partial charge on any atom is -0.490 e. The van der Waals surface area contributed by atoms with Crippen LogP contribution in [0.4, 0.5) is 14.5 Å². The fraction of sp³-hybridized carbons (Fsp3) is 0.590. The second kappa shape index (κ2) is 17.0. The minimum atomic E-state index is -4.33. The van der Waals surface area contributed by atoms with Crippen LogP contribution >= 0.6 is 11.6 Å². The topological polar surface area (TPSA) is 138 Å². The van der Waals surface area contributed by atoms with Crippen LogP contribution in [0.2, 0.25) is 5.02 Å². The van der Waals surface area contributed by atoms with Gasteiger partial charge in [0, 0.05) is 51.2 Å². The smallest absolute Gasteiger partial charge is 0.303 e. The summed E-state index contributed by atoms with van der Waals surface area (Å²) >= 11 is 6.45. The molecule has 6 rings (SSSR count). The highest BCUT2D eigenvalue weighted by Crippen LogP contribution is 2.48. The first-order valence-corrected chi connectivity index (χ1v) is 20.6. The van der Waals surface area contributed by atoms with E-state index in [1.54, 1.807) is 19.2 Å². The maximum absolute atomic E-state index is 13.9. The molecule has 2 aromatic carbocycles. The normalized spacial score (nSPS) is 27.9. The molecule has 302 valence electrons. The maximum atomic E-state index is 13.9. The molecule has 2 bridgehead atoms. The molecule has 4 aliphatic rings. The Morgan fingerprint density at radius 3 is 2.71 bits per heavy atom. The largest absolute Gasteiger partial charge is 0.490 e. The van der Waals surface area contributed by atoms with Gasteiger partial charge in [-0.2, -0.15) is 12.7 Å². The number of nitrogens with one attached hydrogen (secondary N) is 1. The van der Waals surface area contributed by atoms with E-state index in [2.05, 4.69) is 11.0 Å². The summed E-state index contributed by atoms with van der Waals surface area (Å²) in [5, 5.41) is 12.9. The zero-order valence-corrected chi connectivity index (χ0v) is 33.1. The summed E-state index contributed by atoms with van der Waals surface area (Å²) in [6.45, 7) is 1.20. The number of anilines is 1. The van der Waals surface area contributed by atoms with Crippen molar-refractivity contribution in [2.45, 2.75) is 68.5 Å². The van der Waals surface area contributed by atoms with Crippen molar-refractivity contribution in [3.8, 4) is 5.75 Å². The number of benzene rings is 2. The van der Waals surface area contributed by atoms with E-state index in [-0.39, 0.29) is 43.3 Å². The molecule has 2 amide bonds. The van der Waals surface area contributed by atoms with E-state index >= 15 is 0 Å². The van der Waals surface area contributed by atoms with Crippen LogP contribution in [0.1, 0.15) is 55.2 Å². The van der Waals surface area contributed by atoms with Gasteiger partial charge in [-0.1, -0.05) is 35.9 Å². The summed E-state index contributed by atoms with van der Waals surface area (Å²) in [5.41, 5.74) is -0.0364. The number of aliphatic hydroxyl groups is 1. The number of fused-ring (bicyclic) bond motifs is 4. The third kappa shape index (κ3) is 9.12. The number of nitrogens with zero attached hydrogens (tertiary/aromatic N) is 3. The van der Waals surface area contributed by atoms with Crippen LogP contribution in [0.3, 0.4) is 0 Å². The number of halogens is 3. The van der Waals surface area contributed by atoms with Gasteiger partial charge in [0.05, 0.1) is 38.0 Å². The van der Waals surface area contributed by atoms with Crippen LogP contribution in [-0.4, -0.2) is 114 Å². The maximum Gasteiger partial charge on any atom is 0.303 e. The fourth-order valence-electron chi connectivity index (χ4n) is 8.23. The van der Waals surface area contributed by atoms with E-state index in [1.165, 1.54) is 25.1 Å². The number of hydrogen-bond donors (Lipinski definition) is 2. The van der Waals surface area contributed by atoms with Crippen molar-refractivity contribution in [2.75, 3.05) is 72.1 Å². The summed E-state index contributed by atoms with van der Waals surface area (Å²) in [4.78, 5) is 31.2. The van der Waals surface area contributed by atoms with Crippen LogP contribution in [0.15, 0.2) is 48.6 Å². The lowest BCUT2D eigenvalue weighted by Gasteiger charge is -2.46. The molecule has 0 saturated heterocycles. The molecule has 2 aliphatic carbocycles. The third-order valence-electron chi connectivity index (χ3n) is 11.5. The summed E-state index contributed by atoms with van der Waals surface area (Å²) < 4.78 is 71.9. The monoisotopic (exact) mass is 808 g/mol. The van der Waals surface area contributed by atoms with Crippen LogP contribution in [0, 0.1) is 11.8 Å². The lowest BCUT2D eigenvalue weighted by atomic mass is 9.68. The molecule has 0 aromatic heterocycles. The van der Waals surface area contributed by atoms with Crippen LogP contribution in [-0.2, 0) is 46.7 Å². The number of rotatable bonds is 9. The second-order valence-corrected chi connectivity index (χ2v) is 17.7. The average molecular weight is 809 g/mol. The Bertz CT molecular complexity index is 1870. The molecule has 0 unspecified atom stereocenters. The average Bonchev–Trinajstić information content (AvgIpc) is 3.27. The Kier molecular flexibility index (Phi) is 12.8. The predicted octanol–water partition coefficient (Wildman–Crippen LogP) is 4.42. The number of carbonyl (C=O) groups excluding carboxylic acids is 2. The fourth-order valence-corrected chi connectivity index (χ4v) is 9.01. The lowest BCUT2D eigenvalue weighted by Crippen LogP contribution is -2.52. The predicted molar refractivity (Wildman–Crippen MR) is 204 cm³/mol. The molecule has 2 aromatic rings. The lowest BCUT2D eigenvalue weighted by molar-refractivity contribution is -0.148. The van der Waals surface area contributed by atoms with Gasteiger partial charge in [-0.3, -0.25) is 9.59 Å². The van der Waals surface area contributed by atoms with E-state index in [4.69, 9.17) is 25.8 Å². The Labute approximate surface area is 326 Å². The van der Waals surface area contributed by atoms with Crippen molar-refractivity contribution in [1.82, 2.24) is 13.9 Å². The molecule has 2 N–H and O–H groups in total. The molecule has 5 atom stereocenters. The molecule has 1 saturated carbocycles. The summed E-state index contributed by atoms with van der Waals surface area (Å²) in [7, 11) is -0.282. The van der Waals surface area contributed by atoms with E-state index in [0.29, 0.717) is 42.6 Å². The van der Waals surface area contributed by atoms with Gasteiger partial charge in [0.2, 0.25) is 5.91 Å². The zero-order chi connectivity index (χ0) is 39.5. The second-order valence-electron chi connectivity index (χ2n) is 15.4. The van der Waals surface area contributed by atoms with E-state index in [0.717, 1.165) is 47.5 Å². The number of carbonyl (C=O) groups is 2. The van der Waals surface area contributed by atoms with Gasteiger partial charge in [0.1, 0.15) is 12.4 Å². The molecular weight excluding hydrogens is 758 g/mol. The SMILES string of the molecule is CN1CC/C=C\[C@H](OCCOCC(F)F)[C@@H]2CC[C@H]2CN2C[C@@]3(CCCc4cc(Cl)ccc43)COc3ccc(cc32)[C@@](O)(C(=O)NS(=O)(=O)N(C)C)CC1=O. The van der Waals surface area contributed by atoms with Crippen molar-refractivity contribution in [3.05, 3.63) is 70.3 Å². The first-order chi connectivity index (χ1) is 26.1. The number of ether oxygens (including phenoxy) is 3. The van der Waals surface area contributed by atoms with Gasteiger partial charge in [-0.05, 0) is 91.3 Å². The molecule has 16 heteroatoms. The molecule has 1 spiro atoms. The quantitative estimate of drug-likeness (QED) is 0.279. The summed E-state index contributed by atoms with van der Waals surface area (Å²) in [6.07, 6.45) is 5.11. The van der Waals surface area contributed by atoms with E-state index < -0.39 is 52.5 Å². The molecule has 2 aliphatic heterocycles. The van der Waals surface area contributed by atoms with E-state index in [9.17, 15) is 31.9 Å². The zero-order valence-electron chi connectivity index (χ0n) is 31.5. The minimum absolute atomic E-state index is 0.0290. The van der Waals surface area contributed by atoms with Gasteiger partial charge in [-0.15, -0.1) is 0 Å². The first kappa shape index (κ1) is 41.3. The van der Waals surface area contributed by atoms with Crippen molar-refractivity contribution in [3.63, 3.8) is 0 Å². The van der Waals surface area contributed by atoms with Gasteiger partial charge in [0.25, 0.3) is 12.3 Å². The molecular formula is C39H51ClF2N4O8S. The van der Waals surface area contributed by atoms with Crippen LogP contribution < -0.4 is 14.4 Å². The standard InChI is InChI=1S/C39H51ClF2N4O8S/c1-44(2)55(50,51)43-37(48)39(49)21-36(47)45(3)16-5-4-8-33(53-18-17-52-23-35(41)42)30-12-9-27(30)22-46-24-38(25-54-34-14-10-28(39)20-32(34)46)15-6-7-26-19-29(40)11-13-31(26)38/h4,8,10-11,13-14,19-20,27,30,33,35,49H,5-7,9,12,15-18,21-25H2,1-3H3,(H,43,48)/b8-4-/t27-,30+,33-,38-,39+/m0/s1. The van der Waals surface area contributed by atoms with Crippen molar-refractivity contribution in [1.29, 1.82) is 0 Å². The van der Waals surface area contributed by atoms with Gasteiger partial charge in [0.15, 0.2) is 5.60 Å². The Hall–Kier alpha value is -3.34. The van der Waals surface area contributed by atoms with Gasteiger partial charge in [-0.25, -0.2) is 13.5 Å². The highest BCUT2D eigenvalue weighted by atomic mass is 35.5. The number of amides is 2. The van der Waals surface area contributed by atoms with E-state index in [1.807, 2.05) is 29.0 Å². The molecule has 1 fully saturated rings. The third-order valence-corrected chi connectivity index (χ3v) is 13.2. The highest BCUT2D eigenvalue weighted by molar-refractivity contribution is 7.87. The number of aryl methyl sites for hydroxylation is 1.